The Balaban J connectivity index is 1.91. The quantitative estimate of drug-likeness (QED) is 0.834. The second kappa shape index (κ2) is 4.40. The maximum Gasteiger partial charge on any atom is 0.244 e. The Labute approximate surface area is 110 Å². The molecule has 3 nitrogen and oxygen atoms in total. The molecule has 19 heavy (non-hydrogen) atoms. The highest BCUT2D eigenvalue weighted by Crippen LogP contribution is 2.28. The molecule has 0 spiro atoms. The van der Waals surface area contributed by atoms with Crippen molar-refractivity contribution in [3.8, 4) is 0 Å². The Hall–Kier alpha value is -1.78. The molecule has 0 amide bonds. The van der Waals surface area contributed by atoms with Crippen molar-refractivity contribution in [1.82, 2.24) is 9.97 Å². The summed E-state index contributed by atoms with van der Waals surface area (Å²) in [7, 11) is 0. The largest absolute Gasteiger partial charge is 0.355 e. The van der Waals surface area contributed by atoms with Gasteiger partial charge in [0.05, 0.1) is 5.92 Å². The topological polar surface area (TPSA) is 29.0 Å². The fourth-order valence-electron chi connectivity index (χ4n) is 2.46. The molecule has 1 aliphatic rings. The molecule has 1 aliphatic heterocycles. The van der Waals surface area contributed by atoms with Crippen molar-refractivity contribution in [3.63, 3.8) is 0 Å². The first-order chi connectivity index (χ1) is 9.04. The Morgan fingerprint density at radius 1 is 1.21 bits per heavy atom. The number of halogens is 2. The van der Waals surface area contributed by atoms with Crippen LogP contribution in [0.25, 0.3) is 11.0 Å². The molecular formula is C14H15F2N3. The monoisotopic (exact) mass is 263 g/mol. The van der Waals surface area contributed by atoms with Crippen LogP contribution in [0.2, 0.25) is 0 Å². The van der Waals surface area contributed by atoms with Crippen molar-refractivity contribution >= 4 is 16.9 Å². The normalized spacial score (nSPS) is 16.2. The van der Waals surface area contributed by atoms with Gasteiger partial charge in [0.2, 0.25) is 6.43 Å². The molecule has 0 radical (unpaired) electrons. The van der Waals surface area contributed by atoms with E-state index >= 15 is 0 Å². The summed E-state index contributed by atoms with van der Waals surface area (Å²) in [4.78, 5) is 10.8. The van der Waals surface area contributed by atoms with Gasteiger partial charge in [0.25, 0.3) is 0 Å². The number of hydrogen-bond acceptors (Lipinski definition) is 3. The van der Waals surface area contributed by atoms with Crippen LogP contribution in [0.15, 0.2) is 18.2 Å². The van der Waals surface area contributed by atoms with Gasteiger partial charge >= 0.3 is 0 Å². The molecule has 3 heterocycles. The van der Waals surface area contributed by atoms with Crippen LogP contribution in [0.1, 0.15) is 11.3 Å². The van der Waals surface area contributed by atoms with Gasteiger partial charge in [-0.05, 0) is 37.6 Å². The third-order valence-corrected chi connectivity index (χ3v) is 3.58. The van der Waals surface area contributed by atoms with E-state index in [-0.39, 0.29) is 0 Å². The number of pyridine rings is 2. The Morgan fingerprint density at radius 2 is 1.95 bits per heavy atom. The van der Waals surface area contributed by atoms with Crippen molar-refractivity contribution < 1.29 is 8.78 Å². The Morgan fingerprint density at radius 3 is 2.63 bits per heavy atom. The molecule has 0 saturated carbocycles. The number of aromatic nitrogens is 2. The second-order valence-electron chi connectivity index (χ2n) is 5.12. The van der Waals surface area contributed by atoms with E-state index in [2.05, 4.69) is 9.97 Å². The molecular weight excluding hydrogens is 248 g/mol. The van der Waals surface area contributed by atoms with E-state index in [1.807, 2.05) is 36.9 Å². The summed E-state index contributed by atoms with van der Waals surface area (Å²) in [5, 5.41) is 1.01. The fraction of sp³-hybridized carbons (Fsp3) is 0.429. The van der Waals surface area contributed by atoms with Crippen molar-refractivity contribution in [2.24, 2.45) is 5.92 Å². The third-order valence-electron chi connectivity index (χ3n) is 3.58. The standard InChI is InChI=1S/C14H15F2N3/c1-8-5-9(2)17-14-11(8)3-4-12(18-14)19-6-10(7-19)13(15)16/h3-5,10,13H,6-7H2,1-2H3. The van der Waals surface area contributed by atoms with Crippen LogP contribution in [-0.2, 0) is 0 Å². The molecule has 0 bridgehead atoms. The summed E-state index contributed by atoms with van der Waals surface area (Å²) in [6.07, 6.45) is -2.24. The molecule has 0 aliphatic carbocycles. The molecule has 1 fully saturated rings. The van der Waals surface area contributed by atoms with E-state index in [4.69, 9.17) is 0 Å². The zero-order valence-corrected chi connectivity index (χ0v) is 10.9. The van der Waals surface area contributed by atoms with Gasteiger partial charge in [-0.3, -0.25) is 0 Å². The van der Waals surface area contributed by atoms with Gasteiger partial charge in [-0.25, -0.2) is 18.7 Å². The predicted molar refractivity (Wildman–Crippen MR) is 70.7 cm³/mol. The molecule has 0 N–H and O–H groups in total. The minimum Gasteiger partial charge on any atom is -0.355 e. The van der Waals surface area contributed by atoms with E-state index in [1.54, 1.807) is 0 Å². The van der Waals surface area contributed by atoms with Crippen LogP contribution in [0.4, 0.5) is 14.6 Å². The summed E-state index contributed by atoms with van der Waals surface area (Å²) in [5.74, 6) is 0.214. The van der Waals surface area contributed by atoms with Gasteiger partial charge in [-0.15, -0.1) is 0 Å². The minimum atomic E-state index is -2.24. The van der Waals surface area contributed by atoms with Crippen LogP contribution < -0.4 is 4.90 Å². The Bertz CT molecular complexity index is 621. The lowest BCUT2D eigenvalue weighted by Gasteiger charge is -2.39. The van der Waals surface area contributed by atoms with Gasteiger partial charge in [-0.1, -0.05) is 0 Å². The fourth-order valence-corrected chi connectivity index (χ4v) is 2.46. The molecule has 0 unspecified atom stereocenters. The molecule has 5 heteroatoms. The van der Waals surface area contributed by atoms with Gasteiger partial charge in [-0.2, -0.15) is 0 Å². The van der Waals surface area contributed by atoms with Crippen molar-refractivity contribution in [2.75, 3.05) is 18.0 Å². The lowest BCUT2D eigenvalue weighted by Crippen LogP contribution is -2.50. The summed E-state index contributed by atoms with van der Waals surface area (Å²) >= 11 is 0. The molecule has 0 atom stereocenters. The SMILES string of the molecule is Cc1cc(C)c2ccc(N3CC(C(F)F)C3)nc2n1. The van der Waals surface area contributed by atoms with E-state index in [0.717, 1.165) is 22.5 Å². The predicted octanol–water partition coefficient (Wildman–Crippen LogP) is 2.95. The number of hydrogen-bond donors (Lipinski definition) is 0. The van der Waals surface area contributed by atoms with Crippen molar-refractivity contribution in [2.45, 2.75) is 20.3 Å². The third kappa shape index (κ3) is 2.13. The summed E-state index contributed by atoms with van der Waals surface area (Å²) in [6, 6.07) is 5.86. The van der Waals surface area contributed by atoms with Crippen LogP contribution in [0.5, 0.6) is 0 Å². The summed E-state index contributed by atoms with van der Waals surface area (Å²) in [6.45, 7) is 4.70. The molecule has 2 aromatic heterocycles. The van der Waals surface area contributed by atoms with Crippen LogP contribution in [0.3, 0.4) is 0 Å². The first-order valence-electron chi connectivity index (χ1n) is 6.32. The van der Waals surface area contributed by atoms with Gasteiger partial charge in [0, 0.05) is 24.2 Å². The van der Waals surface area contributed by atoms with Crippen LogP contribution >= 0.6 is 0 Å². The van der Waals surface area contributed by atoms with Crippen LogP contribution in [-0.4, -0.2) is 29.5 Å². The maximum absolute atomic E-state index is 12.5. The maximum atomic E-state index is 12.5. The summed E-state index contributed by atoms with van der Waals surface area (Å²) < 4.78 is 24.9. The number of anilines is 1. The lowest BCUT2D eigenvalue weighted by atomic mass is 10.0. The van der Waals surface area contributed by atoms with Crippen molar-refractivity contribution in [3.05, 3.63) is 29.5 Å². The molecule has 100 valence electrons. The first-order valence-corrected chi connectivity index (χ1v) is 6.32. The van der Waals surface area contributed by atoms with E-state index in [1.165, 1.54) is 0 Å². The molecule has 1 saturated heterocycles. The molecule has 2 aromatic rings. The number of alkyl halides is 2. The van der Waals surface area contributed by atoms with Gasteiger partial charge in [0.15, 0.2) is 5.65 Å². The highest BCUT2D eigenvalue weighted by molar-refractivity contribution is 5.80. The van der Waals surface area contributed by atoms with Gasteiger partial charge in [0.1, 0.15) is 5.82 Å². The molecule has 3 rings (SSSR count). The number of fused-ring (bicyclic) bond motifs is 1. The molecule has 0 aromatic carbocycles. The number of aryl methyl sites for hydroxylation is 2. The zero-order valence-electron chi connectivity index (χ0n) is 10.9. The summed E-state index contributed by atoms with van der Waals surface area (Å²) in [5.41, 5.74) is 2.75. The van der Waals surface area contributed by atoms with Crippen molar-refractivity contribution in [1.29, 1.82) is 0 Å². The first kappa shape index (κ1) is 12.3. The highest BCUT2D eigenvalue weighted by Gasteiger charge is 2.34. The average Bonchev–Trinajstić information content (AvgIpc) is 2.25. The van der Waals surface area contributed by atoms with E-state index in [9.17, 15) is 8.78 Å². The number of rotatable bonds is 2. The van der Waals surface area contributed by atoms with E-state index in [0.29, 0.717) is 18.7 Å². The smallest absolute Gasteiger partial charge is 0.244 e. The highest BCUT2D eigenvalue weighted by atomic mass is 19.3. The number of nitrogens with zero attached hydrogens (tertiary/aromatic N) is 3. The van der Waals surface area contributed by atoms with Crippen LogP contribution in [0, 0.1) is 19.8 Å². The minimum absolute atomic E-state index is 0.376. The Kier molecular flexibility index (Phi) is 2.84. The van der Waals surface area contributed by atoms with E-state index < -0.39 is 12.3 Å². The zero-order chi connectivity index (χ0) is 13.6. The second-order valence-corrected chi connectivity index (χ2v) is 5.12. The average molecular weight is 263 g/mol. The lowest BCUT2D eigenvalue weighted by molar-refractivity contribution is 0.0611. The van der Waals surface area contributed by atoms with Gasteiger partial charge < -0.3 is 4.90 Å².